The van der Waals surface area contributed by atoms with Gasteiger partial charge in [-0.15, -0.1) is 11.3 Å². The number of hydrogen-bond donors (Lipinski definition) is 1. The van der Waals surface area contributed by atoms with Gasteiger partial charge in [0.05, 0.1) is 10.7 Å². The molecule has 0 spiro atoms. The van der Waals surface area contributed by atoms with Crippen LogP contribution in [0, 0.1) is 12.8 Å². The second-order valence-electron chi connectivity index (χ2n) is 5.92. The maximum Gasteiger partial charge on any atom is 0.0897 e. The number of likely N-dealkylation sites (N-methyl/N-ethyl adjacent to an activating group) is 1. The lowest BCUT2D eigenvalue weighted by Gasteiger charge is -2.42. The molecule has 1 aromatic heterocycles. The van der Waals surface area contributed by atoms with Crippen LogP contribution in [-0.2, 0) is 6.54 Å². The average molecular weight is 267 g/mol. The highest BCUT2D eigenvalue weighted by Crippen LogP contribution is 2.35. The normalized spacial score (nSPS) is 19.8. The Bertz CT molecular complexity index is 386. The van der Waals surface area contributed by atoms with E-state index < -0.39 is 0 Å². The first kappa shape index (κ1) is 14.0. The predicted octanol–water partition coefficient (Wildman–Crippen LogP) is 2.79. The first-order valence-electron chi connectivity index (χ1n) is 6.86. The van der Waals surface area contributed by atoms with Crippen LogP contribution in [0.3, 0.4) is 0 Å². The summed E-state index contributed by atoms with van der Waals surface area (Å²) in [5.41, 5.74) is 7.32. The minimum Gasteiger partial charge on any atom is -0.329 e. The Morgan fingerprint density at radius 1 is 1.56 bits per heavy atom. The van der Waals surface area contributed by atoms with E-state index in [1.807, 2.05) is 0 Å². The van der Waals surface area contributed by atoms with Crippen LogP contribution in [0.4, 0.5) is 0 Å². The van der Waals surface area contributed by atoms with Crippen molar-refractivity contribution in [3.05, 3.63) is 16.1 Å². The Morgan fingerprint density at radius 3 is 2.72 bits per heavy atom. The van der Waals surface area contributed by atoms with Crippen molar-refractivity contribution in [2.24, 2.45) is 11.7 Å². The molecule has 0 aromatic carbocycles. The molecule has 1 aliphatic rings. The summed E-state index contributed by atoms with van der Waals surface area (Å²) in [5, 5.41) is 3.30. The Labute approximate surface area is 114 Å². The van der Waals surface area contributed by atoms with Gasteiger partial charge in [0, 0.05) is 24.0 Å². The first-order valence-corrected chi connectivity index (χ1v) is 7.74. The zero-order chi connectivity index (χ0) is 13.2. The maximum absolute atomic E-state index is 6.03. The summed E-state index contributed by atoms with van der Waals surface area (Å²) in [6.45, 7) is 5.99. The van der Waals surface area contributed by atoms with Crippen molar-refractivity contribution >= 4 is 11.3 Å². The third-order valence-electron chi connectivity index (χ3n) is 4.38. The number of aryl methyl sites for hydroxylation is 1. The Hall–Kier alpha value is -0.450. The Kier molecular flexibility index (Phi) is 4.41. The quantitative estimate of drug-likeness (QED) is 0.862. The average Bonchev–Trinajstić information content (AvgIpc) is 2.69. The van der Waals surface area contributed by atoms with Crippen molar-refractivity contribution in [3.8, 4) is 0 Å². The minimum atomic E-state index is 0.114. The van der Waals surface area contributed by atoms with E-state index in [0.717, 1.165) is 24.0 Å². The van der Waals surface area contributed by atoms with E-state index in [1.54, 1.807) is 11.3 Å². The second kappa shape index (κ2) is 5.68. The molecule has 0 bridgehead atoms. The molecule has 1 aromatic rings. The third-order valence-corrected chi connectivity index (χ3v) is 5.20. The van der Waals surface area contributed by atoms with E-state index in [0.29, 0.717) is 0 Å². The van der Waals surface area contributed by atoms with Gasteiger partial charge in [0.2, 0.25) is 0 Å². The van der Waals surface area contributed by atoms with Crippen LogP contribution in [0.1, 0.15) is 43.3 Å². The van der Waals surface area contributed by atoms with Crippen molar-refractivity contribution in [3.63, 3.8) is 0 Å². The summed E-state index contributed by atoms with van der Waals surface area (Å²) in [4.78, 5) is 6.94. The van der Waals surface area contributed by atoms with Crippen molar-refractivity contribution in [1.29, 1.82) is 0 Å². The largest absolute Gasteiger partial charge is 0.329 e. The lowest BCUT2D eigenvalue weighted by atomic mass is 9.76. The van der Waals surface area contributed by atoms with Crippen LogP contribution in [-0.4, -0.2) is 29.0 Å². The Morgan fingerprint density at radius 2 is 2.28 bits per heavy atom. The lowest BCUT2D eigenvalue weighted by Crippen LogP contribution is -2.51. The highest BCUT2D eigenvalue weighted by Gasteiger charge is 2.33. The molecule has 2 rings (SSSR count). The zero-order valence-corrected chi connectivity index (χ0v) is 12.6. The van der Waals surface area contributed by atoms with E-state index in [9.17, 15) is 0 Å². The summed E-state index contributed by atoms with van der Waals surface area (Å²) in [6.07, 6.45) is 5.40. The fraction of sp³-hybridized carbons (Fsp3) is 0.786. The van der Waals surface area contributed by atoms with E-state index in [2.05, 4.69) is 36.2 Å². The molecule has 1 unspecified atom stereocenters. The maximum atomic E-state index is 6.03. The zero-order valence-electron chi connectivity index (χ0n) is 11.8. The summed E-state index contributed by atoms with van der Waals surface area (Å²) >= 11 is 1.73. The molecule has 1 fully saturated rings. The first-order chi connectivity index (χ1) is 8.53. The summed E-state index contributed by atoms with van der Waals surface area (Å²) in [5.74, 6) is 0.887. The number of thiazole rings is 1. The third kappa shape index (κ3) is 3.11. The monoisotopic (exact) mass is 267 g/mol. The van der Waals surface area contributed by atoms with Crippen molar-refractivity contribution < 1.29 is 0 Å². The molecule has 18 heavy (non-hydrogen) atoms. The molecule has 0 aliphatic heterocycles. The second-order valence-corrected chi connectivity index (χ2v) is 6.98. The van der Waals surface area contributed by atoms with E-state index in [4.69, 9.17) is 5.73 Å². The molecular formula is C14H25N3S. The van der Waals surface area contributed by atoms with Crippen LogP contribution in [0.2, 0.25) is 0 Å². The molecule has 3 nitrogen and oxygen atoms in total. The van der Waals surface area contributed by atoms with Crippen molar-refractivity contribution in [2.45, 2.75) is 51.6 Å². The fourth-order valence-electron chi connectivity index (χ4n) is 2.63. The SMILES string of the molecule is Cc1nc(CN(C)C(C)(CN)CC2CCC2)cs1. The molecule has 1 heterocycles. The Balaban J connectivity index is 1.96. The van der Waals surface area contributed by atoms with E-state index in [1.165, 1.54) is 31.4 Å². The molecule has 1 saturated carbocycles. The van der Waals surface area contributed by atoms with Gasteiger partial charge in [-0.2, -0.15) is 0 Å². The summed E-state index contributed by atoms with van der Waals surface area (Å²) in [7, 11) is 2.18. The number of nitrogens with zero attached hydrogens (tertiary/aromatic N) is 2. The van der Waals surface area contributed by atoms with Crippen molar-refractivity contribution in [1.82, 2.24) is 9.88 Å². The van der Waals surface area contributed by atoms with Crippen LogP contribution in [0.15, 0.2) is 5.38 Å². The van der Waals surface area contributed by atoms with Gasteiger partial charge in [-0.05, 0) is 33.2 Å². The minimum absolute atomic E-state index is 0.114. The van der Waals surface area contributed by atoms with E-state index >= 15 is 0 Å². The molecule has 1 aliphatic carbocycles. The number of nitrogens with two attached hydrogens (primary N) is 1. The topological polar surface area (TPSA) is 42.2 Å². The number of rotatable bonds is 6. The summed E-state index contributed by atoms with van der Waals surface area (Å²) in [6, 6.07) is 0. The number of hydrogen-bond acceptors (Lipinski definition) is 4. The van der Waals surface area contributed by atoms with Gasteiger partial charge >= 0.3 is 0 Å². The van der Waals surface area contributed by atoms with Gasteiger partial charge in [-0.3, -0.25) is 4.90 Å². The van der Waals surface area contributed by atoms with Crippen molar-refractivity contribution in [2.75, 3.05) is 13.6 Å². The van der Waals surface area contributed by atoms with Crippen LogP contribution in [0.5, 0.6) is 0 Å². The van der Waals surface area contributed by atoms with Gasteiger partial charge in [0.1, 0.15) is 0 Å². The molecule has 0 amide bonds. The molecule has 2 N–H and O–H groups in total. The van der Waals surface area contributed by atoms with Crippen LogP contribution < -0.4 is 5.73 Å². The van der Waals surface area contributed by atoms with Gasteiger partial charge < -0.3 is 5.73 Å². The molecule has 0 radical (unpaired) electrons. The highest BCUT2D eigenvalue weighted by atomic mass is 32.1. The molecule has 4 heteroatoms. The van der Waals surface area contributed by atoms with E-state index in [-0.39, 0.29) is 5.54 Å². The van der Waals surface area contributed by atoms with Gasteiger partial charge in [-0.25, -0.2) is 4.98 Å². The van der Waals surface area contributed by atoms with Gasteiger partial charge in [-0.1, -0.05) is 19.3 Å². The predicted molar refractivity (Wildman–Crippen MR) is 77.7 cm³/mol. The van der Waals surface area contributed by atoms with Crippen LogP contribution >= 0.6 is 11.3 Å². The van der Waals surface area contributed by atoms with Gasteiger partial charge in [0.15, 0.2) is 0 Å². The highest BCUT2D eigenvalue weighted by molar-refractivity contribution is 7.09. The van der Waals surface area contributed by atoms with Crippen LogP contribution in [0.25, 0.3) is 0 Å². The molecular weight excluding hydrogens is 242 g/mol. The standard InChI is InChI=1S/C14H25N3S/c1-11-16-13(9-18-11)8-17(3)14(2,10-15)7-12-5-4-6-12/h9,12H,4-8,10,15H2,1-3H3. The molecule has 102 valence electrons. The van der Waals surface area contributed by atoms with Gasteiger partial charge in [0.25, 0.3) is 0 Å². The smallest absolute Gasteiger partial charge is 0.0897 e. The number of aromatic nitrogens is 1. The molecule has 0 saturated heterocycles. The lowest BCUT2D eigenvalue weighted by molar-refractivity contribution is 0.0847. The fourth-order valence-corrected chi connectivity index (χ4v) is 3.23. The summed E-state index contributed by atoms with van der Waals surface area (Å²) < 4.78 is 0. The molecule has 1 atom stereocenters.